The second kappa shape index (κ2) is 8.05. The third-order valence-electron chi connectivity index (χ3n) is 4.63. The number of amides is 1. The van der Waals surface area contributed by atoms with E-state index in [1.54, 1.807) is 36.5 Å². The van der Waals surface area contributed by atoms with E-state index >= 15 is 0 Å². The molecule has 2 aromatic carbocycles. The summed E-state index contributed by atoms with van der Waals surface area (Å²) in [6.07, 6.45) is 1.61. The van der Waals surface area contributed by atoms with Crippen molar-refractivity contribution in [1.82, 2.24) is 10.2 Å². The van der Waals surface area contributed by atoms with Crippen LogP contribution in [0.1, 0.15) is 31.8 Å². The molecule has 3 aromatic rings. The van der Waals surface area contributed by atoms with Crippen molar-refractivity contribution >= 4 is 29.1 Å². The van der Waals surface area contributed by atoms with Crippen LogP contribution in [0.5, 0.6) is 5.75 Å². The predicted octanol–water partition coefficient (Wildman–Crippen LogP) is 3.39. The summed E-state index contributed by atoms with van der Waals surface area (Å²) in [4.78, 5) is 26.1. The van der Waals surface area contributed by atoms with E-state index < -0.39 is 11.9 Å². The largest absolute Gasteiger partial charge is 0.497 e. The molecule has 0 saturated carbocycles. The Balaban J connectivity index is 2.28. The van der Waals surface area contributed by atoms with Gasteiger partial charge >= 0.3 is 5.97 Å². The summed E-state index contributed by atoms with van der Waals surface area (Å²) in [6, 6.07) is 10.5. The van der Waals surface area contributed by atoms with E-state index in [-0.39, 0.29) is 0 Å². The average Bonchev–Trinajstić information content (AvgIpc) is 3.24. The summed E-state index contributed by atoms with van der Waals surface area (Å²) >= 11 is 0. The number of aromatic amines is 1. The van der Waals surface area contributed by atoms with Crippen molar-refractivity contribution in [1.29, 1.82) is 0 Å². The molecular formula is C21H22N4O4. The third kappa shape index (κ3) is 3.77. The number of anilines is 3. The van der Waals surface area contributed by atoms with Crippen LogP contribution in [0.3, 0.4) is 0 Å². The molecule has 1 aromatic heterocycles. The predicted molar refractivity (Wildman–Crippen MR) is 109 cm³/mol. The van der Waals surface area contributed by atoms with Gasteiger partial charge in [-0.3, -0.25) is 14.8 Å². The van der Waals surface area contributed by atoms with E-state index in [4.69, 9.17) is 15.2 Å². The van der Waals surface area contributed by atoms with E-state index in [1.165, 1.54) is 14.2 Å². The van der Waals surface area contributed by atoms with Gasteiger partial charge in [0.25, 0.3) is 0 Å². The highest BCUT2D eigenvalue weighted by atomic mass is 16.5. The maximum atomic E-state index is 12.5. The van der Waals surface area contributed by atoms with Gasteiger partial charge in [0, 0.05) is 11.6 Å². The number of hydrogen-bond acceptors (Lipinski definition) is 6. The minimum Gasteiger partial charge on any atom is -0.497 e. The molecule has 0 saturated heterocycles. The number of esters is 1. The maximum Gasteiger partial charge on any atom is 0.340 e. The van der Waals surface area contributed by atoms with Crippen molar-refractivity contribution in [2.24, 2.45) is 5.73 Å². The molecule has 0 atom stereocenters. The number of carbonyl (C=O) groups is 2. The Labute approximate surface area is 168 Å². The lowest BCUT2D eigenvalue weighted by atomic mass is 10.0. The topological polar surface area (TPSA) is 111 Å². The van der Waals surface area contributed by atoms with Gasteiger partial charge in [0.2, 0.25) is 5.91 Å². The number of aromatic nitrogens is 2. The van der Waals surface area contributed by atoms with Gasteiger partial charge in [-0.2, -0.15) is 5.10 Å². The van der Waals surface area contributed by atoms with Crippen LogP contribution in [0.4, 0.5) is 17.2 Å². The Morgan fingerprint density at radius 2 is 1.76 bits per heavy atom. The van der Waals surface area contributed by atoms with Crippen LogP contribution in [0.15, 0.2) is 42.6 Å². The summed E-state index contributed by atoms with van der Waals surface area (Å²) in [7, 11) is 2.85. The molecule has 0 bridgehead atoms. The fraction of sp³-hybridized carbons (Fsp3) is 0.190. The van der Waals surface area contributed by atoms with Crippen LogP contribution < -0.4 is 15.4 Å². The summed E-state index contributed by atoms with van der Waals surface area (Å²) in [5, 5.41) is 6.97. The first-order valence-corrected chi connectivity index (χ1v) is 8.84. The van der Waals surface area contributed by atoms with Crippen LogP contribution in [-0.2, 0) is 4.74 Å². The van der Waals surface area contributed by atoms with E-state index in [2.05, 4.69) is 10.2 Å². The lowest BCUT2D eigenvalue weighted by Crippen LogP contribution is -2.18. The van der Waals surface area contributed by atoms with Crippen molar-refractivity contribution in [2.45, 2.75) is 13.8 Å². The standard InChI is InChI=1S/C21H22N4O4/c1-12-10-18(13(2)9-15(12)20(22)26)25(19-7-8-23-24-19)17-6-5-14(28-3)11-16(17)21(27)29-4/h5-11H,1-4H3,(H2,22,26)(H,23,24). The van der Waals surface area contributed by atoms with E-state index in [0.29, 0.717) is 28.4 Å². The first-order valence-electron chi connectivity index (χ1n) is 8.84. The second-order valence-electron chi connectivity index (χ2n) is 6.47. The van der Waals surface area contributed by atoms with E-state index in [0.717, 1.165) is 16.8 Å². The van der Waals surface area contributed by atoms with Gasteiger partial charge in [0.05, 0.1) is 37.4 Å². The zero-order valence-electron chi connectivity index (χ0n) is 16.6. The van der Waals surface area contributed by atoms with Gasteiger partial charge in [-0.1, -0.05) is 0 Å². The van der Waals surface area contributed by atoms with Crippen LogP contribution in [0.2, 0.25) is 0 Å². The molecule has 0 radical (unpaired) electrons. The number of hydrogen-bond donors (Lipinski definition) is 2. The molecule has 0 aliphatic rings. The highest BCUT2D eigenvalue weighted by molar-refractivity contribution is 6.00. The number of carbonyl (C=O) groups excluding carboxylic acids is 2. The number of benzene rings is 2. The molecule has 3 rings (SSSR count). The summed E-state index contributed by atoms with van der Waals surface area (Å²) < 4.78 is 10.2. The van der Waals surface area contributed by atoms with Crippen molar-refractivity contribution in [2.75, 3.05) is 19.1 Å². The molecule has 0 unspecified atom stereocenters. The lowest BCUT2D eigenvalue weighted by molar-refractivity contribution is 0.0601. The number of nitrogens with one attached hydrogen (secondary N) is 1. The van der Waals surface area contributed by atoms with Crippen LogP contribution in [0, 0.1) is 13.8 Å². The maximum absolute atomic E-state index is 12.5. The highest BCUT2D eigenvalue weighted by Gasteiger charge is 2.24. The third-order valence-corrected chi connectivity index (χ3v) is 4.63. The average molecular weight is 394 g/mol. The first kappa shape index (κ1) is 19.9. The van der Waals surface area contributed by atoms with Gasteiger partial charge in [-0.15, -0.1) is 0 Å². The second-order valence-corrected chi connectivity index (χ2v) is 6.47. The molecule has 0 spiro atoms. The molecule has 1 heterocycles. The number of aryl methyl sites for hydroxylation is 2. The summed E-state index contributed by atoms with van der Waals surface area (Å²) in [5.41, 5.74) is 9.08. The van der Waals surface area contributed by atoms with Crippen LogP contribution in [-0.4, -0.2) is 36.3 Å². The molecule has 150 valence electrons. The number of rotatable bonds is 6. The van der Waals surface area contributed by atoms with Crippen molar-refractivity contribution in [3.8, 4) is 5.75 Å². The molecular weight excluding hydrogens is 372 g/mol. The highest BCUT2D eigenvalue weighted by Crippen LogP contribution is 2.39. The van der Waals surface area contributed by atoms with Crippen LogP contribution in [0.25, 0.3) is 0 Å². The Bertz CT molecular complexity index is 1060. The van der Waals surface area contributed by atoms with Gasteiger partial charge in [-0.05, 0) is 55.3 Å². The monoisotopic (exact) mass is 394 g/mol. The van der Waals surface area contributed by atoms with Crippen molar-refractivity contribution in [3.05, 3.63) is 64.8 Å². The van der Waals surface area contributed by atoms with Crippen molar-refractivity contribution in [3.63, 3.8) is 0 Å². The van der Waals surface area contributed by atoms with E-state index in [1.807, 2.05) is 24.8 Å². The molecule has 1 amide bonds. The quantitative estimate of drug-likeness (QED) is 0.620. The Kier molecular flexibility index (Phi) is 5.54. The number of methoxy groups -OCH3 is 2. The first-order chi connectivity index (χ1) is 13.9. The smallest absolute Gasteiger partial charge is 0.340 e. The number of nitrogens with two attached hydrogens (primary N) is 1. The fourth-order valence-electron chi connectivity index (χ4n) is 3.18. The molecule has 0 aliphatic heterocycles. The normalized spacial score (nSPS) is 10.5. The minimum absolute atomic E-state index is 0.317. The van der Waals surface area contributed by atoms with Gasteiger partial charge < -0.3 is 15.2 Å². The minimum atomic E-state index is -0.508. The van der Waals surface area contributed by atoms with Crippen LogP contribution >= 0.6 is 0 Å². The SMILES string of the molecule is COC(=O)c1cc(OC)ccc1N(c1ccn[nH]1)c1cc(C)c(C(N)=O)cc1C. The Hall–Kier alpha value is -3.81. The Morgan fingerprint density at radius 3 is 2.34 bits per heavy atom. The van der Waals surface area contributed by atoms with Gasteiger partial charge in [0.15, 0.2) is 0 Å². The molecule has 3 N–H and O–H groups in total. The fourth-order valence-corrected chi connectivity index (χ4v) is 3.18. The lowest BCUT2D eigenvalue weighted by Gasteiger charge is -2.27. The number of nitrogens with zero attached hydrogens (tertiary/aromatic N) is 2. The molecule has 0 fully saturated rings. The molecule has 0 aliphatic carbocycles. The zero-order chi connectivity index (χ0) is 21.1. The molecule has 29 heavy (non-hydrogen) atoms. The Morgan fingerprint density at radius 1 is 1.00 bits per heavy atom. The number of ether oxygens (including phenoxy) is 2. The van der Waals surface area contributed by atoms with Gasteiger partial charge in [-0.25, -0.2) is 4.79 Å². The summed E-state index contributed by atoms with van der Waals surface area (Å²) in [6.45, 7) is 3.68. The van der Waals surface area contributed by atoms with Crippen molar-refractivity contribution < 1.29 is 19.1 Å². The molecule has 8 heteroatoms. The number of primary amides is 1. The zero-order valence-corrected chi connectivity index (χ0v) is 16.6. The van der Waals surface area contributed by atoms with Gasteiger partial charge in [0.1, 0.15) is 11.6 Å². The summed E-state index contributed by atoms with van der Waals surface area (Å²) in [5.74, 6) is 0.154. The number of H-pyrrole nitrogens is 1. The molecule has 8 nitrogen and oxygen atoms in total. The van der Waals surface area contributed by atoms with E-state index in [9.17, 15) is 9.59 Å².